The number of thioether (sulfide) groups is 1. The van der Waals surface area contributed by atoms with Gasteiger partial charge < -0.3 is 4.98 Å². The molecule has 13 heteroatoms. The Labute approximate surface area is 180 Å². The number of aromatic nitrogens is 3. The van der Waals surface area contributed by atoms with Crippen LogP contribution in [0.4, 0.5) is 18.9 Å². The summed E-state index contributed by atoms with van der Waals surface area (Å²) in [5.74, 6) is 0. The summed E-state index contributed by atoms with van der Waals surface area (Å²) in [5, 5.41) is 21.0. The number of nitro benzene ring substituents is 1. The molecule has 0 aliphatic heterocycles. The van der Waals surface area contributed by atoms with E-state index in [1.165, 1.54) is 12.1 Å². The lowest BCUT2D eigenvalue weighted by Crippen LogP contribution is -2.15. The highest BCUT2D eigenvalue weighted by molar-refractivity contribution is 7.99. The van der Waals surface area contributed by atoms with Crippen LogP contribution < -0.4 is 5.56 Å². The third-order valence-corrected chi connectivity index (χ3v) is 5.52. The number of benzene rings is 1. The Hall–Kier alpha value is -3.37. The van der Waals surface area contributed by atoms with Gasteiger partial charge in [0.05, 0.1) is 16.2 Å². The summed E-state index contributed by atoms with van der Waals surface area (Å²) in [4.78, 5) is 33.6. The third kappa shape index (κ3) is 4.86. The van der Waals surface area contributed by atoms with Gasteiger partial charge in [-0.15, -0.1) is 0 Å². The van der Waals surface area contributed by atoms with Crippen molar-refractivity contribution in [3.05, 3.63) is 68.1 Å². The SMILES string of the molecule is CSc1nc(-c2cc([N+](=O)[O-])ccc2Sc2ccc(C(F)(F)F)cn2)c(C#N)c(=O)[nH]1. The molecule has 0 spiro atoms. The molecule has 0 radical (unpaired) electrons. The Morgan fingerprint density at radius 1 is 1.26 bits per heavy atom. The van der Waals surface area contributed by atoms with Crippen LogP contribution in [0.3, 0.4) is 0 Å². The highest BCUT2D eigenvalue weighted by Crippen LogP contribution is 2.38. The number of H-pyrrole nitrogens is 1. The second-order valence-corrected chi connectivity index (χ2v) is 7.69. The number of aromatic amines is 1. The highest BCUT2D eigenvalue weighted by Gasteiger charge is 2.30. The average Bonchev–Trinajstić information content (AvgIpc) is 2.73. The van der Waals surface area contributed by atoms with Gasteiger partial charge in [0.2, 0.25) is 0 Å². The molecule has 0 aliphatic carbocycles. The van der Waals surface area contributed by atoms with Gasteiger partial charge in [0.25, 0.3) is 11.2 Å². The molecule has 0 saturated carbocycles. The molecule has 3 aromatic rings. The van der Waals surface area contributed by atoms with Gasteiger partial charge >= 0.3 is 6.18 Å². The number of alkyl halides is 3. The Kier molecular flexibility index (Phi) is 6.32. The van der Waals surface area contributed by atoms with Gasteiger partial charge in [-0.05, 0) is 24.5 Å². The normalized spacial score (nSPS) is 11.2. The van der Waals surface area contributed by atoms with Crippen molar-refractivity contribution >= 4 is 29.2 Å². The molecule has 2 aromatic heterocycles. The fourth-order valence-electron chi connectivity index (χ4n) is 2.47. The van der Waals surface area contributed by atoms with Gasteiger partial charge in [-0.2, -0.15) is 18.4 Å². The average molecular weight is 465 g/mol. The van der Waals surface area contributed by atoms with Crippen LogP contribution in [0.5, 0.6) is 0 Å². The first-order chi connectivity index (χ1) is 14.6. The fraction of sp³-hybridized carbons (Fsp3) is 0.111. The van der Waals surface area contributed by atoms with Gasteiger partial charge in [-0.3, -0.25) is 14.9 Å². The first-order valence-corrected chi connectivity index (χ1v) is 10.3. The Balaban J connectivity index is 2.16. The van der Waals surface area contributed by atoms with Crippen LogP contribution in [-0.2, 0) is 6.18 Å². The van der Waals surface area contributed by atoms with Crippen LogP contribution in [-0.4, -0.2) is 26.1 Å². The van der Waals surface area contributed by atoms with Crippen molar-refractivity contribution in [3.63, 3.8) is 0 Å². The minimum atomic E-state index is -4.54. The molecule has 2 heterocycles. The lowest BCUT2D eigenvalue weighted by atomic mass is 10.1. The molecule has 8 nitrogen and oxygen atoms in total. The van der Waals surface area contributed by atoms with Crippen molar-refractivity contribution in [2.45, 2.75) is 21.3 Å². The number of nitriles is 1. The van der Waals surface area contributed by atoms with Crippen LogP contribution in [0.2, 0.25) is 0 Å². The summed E-state index contributed by atoms with van der Waals surface area (Å²) < 4.78 is 38.3. The van der Waals surface area contributed by atoms with E-state index in [1.807, 2.05) is 0 Å². The predicted molar refractivity (Wildman–Crippen MR) is 107 cm³/mol. The summed E-state index contributed by atoms with van der Waals surface area (Å²) in [6.45, 7) is 0. The molecule has 1 aromatic carbocycles. The van der Waals surface area contributed by atoms with Gasteiger partial charge in [0.15, 0.2) is 5.16 Å². The second kappa shape index (κ2) is 8.78. The van der Waals surface area contributed by atoms with Gasteiger partial charge in [0.1, 0.15) is 16.7 Å². The smallest absolute Gasteiger partial charge is 0.300 e. The van der Waals surface area contributed by atoms with Crippen LogP contribution in [0.15, 0.2) is 56.4 Å². The van der Waals surface area contributed by atoms with E-state index in [2.05, 4.69) is 15.0 Å². The molecule has 0 bridgehead atoms. The minimum absolute atomic E-state index is 0.0753. The molecule has 1 N–H and O–H groups in total. The number of pyridine rings is 1. The van der Waals surface area contributed by atoms with Crippen LogP contribution in [0.1, 0.15) is 11.1 Å². The summed E-state index contributed by atoms with van der Waals surface area (Å²) >= 11 is 2.02. The van der Waals surface area contributed by atoms with E-state index in [0.29, 0.717) is 11.1 Å². The number of nitro groups is 1. The summed E-state index contributed by atoms with van der Waals surface area (Å²) in [7, 11) is 0. The van der Waals surface area contributed by atoms with Crippen LogP contribution in [0, 0.1) is 21.4 Å². The number of non-ortho nitro benzene ring substituents is 1. The first-order valence-electron chi connectivity index (χ1n) is 8.22. The van der Waals surface area contributed by atoms with Crippen molar-refractivity contribution in [1.82, 2.24) is 15.0 Å². The molecule has 3 rings (SSSR count). The van der Waals surface area contributed by atoms with E-state index in [1.54, 1.807) is 12.3 Å². The van der Waals surface area contributed by atoms with Crippen LogP contribution in [0.25, 0.3) is 11.3 Å². The van der Waals surface area contributed by atoms with Crippen LogP contribution >= 0.6 is 23.5 Å². The molecule has 0 fully saturated rings. The molecule has 0 unspecified atom stereocenters. The zero-order valence-corrected chi connectivity index (χ0v) is 17.1. The van der Waals surface area contributed by atoms with E-state index in [0.717, 1.165) is 41.7 Å². The van der Waals surface area contributed by atoms with E-state index < -0.39 is 22.2 Å². The molecule has 0 amide bonds. The quantitative estimate of drug-likeness (QED) is 0.253. The first kappa shape index (κ1) is 22.3. The van der Waals surface area contributed by atoms with Gasteiger partial charge in [0, 0.05) is 28.8 Å². The summed E-state index contributed by atoms with van der Waals surface area (Å²) in [6, 6.07) is 7.47. The molecule has 0 aliphatic rings. The highest BCUT2D eigenvalue weighted by atomic mass is 32.2. The number of hydrogen-bond acceptors (Lipinski definition) is 8. The molecular weight excluding hydrogens is 455 g/mol. The summed E-state index contributed by atoms with van der Waals surface area (Å²) in [5.41, 5.74) is -2.26. The van der Waals surface area contributed by atoms with Crippen molar-refractivity contribution in [1.29, 1.82) is 5.26 Å². The number of halogens is 3. The Morgan fingerprint density at radius 3 is 2.55 bits per heavy atom. The molecule has 0 atom stereocenters. The Bertz CT molecular complexity index is 1250. The van der Waals surface area contributed by atoms with E-state index in [-0.39, 0.29) is 32.7 Å². The van der Waals surface area contributed by atoms with E-state index in [9.17, 15) is 33.3 Å². The summed E-state index contributed by atoms with van der Waals surface area (Å²) in [6.07, 6.45) is -2.23. The maximum Gasteiger partial charge on any atom is 0.417 e. The fourth-order valence-corrected chi connectivity index (χ4v) is 3.72. The zero-order valence-electron chi connectivity index (χ0n) is 15.4. The van der Waals surface area contributed by atoms with E-state index in [4.69, 9.17) is 0 Å². The van der Waals surface area contributed by atoms with Crippen molar-refractivity contribution in [2.75, 3.05) is 6.26 Å². The number of rotatable bonds is 5. The van der Waals surface area contributed by atoms with Gasteiger partial charge in [-0.25, -0.2) is 9.97 Å². The lowest BCUT2D eigenvalue weighted by molar-refractivity contribution is -0.384. The molecule has 31 heavy (non-hydrogen) atoms. The second-order valence-electron chi connectivity index (χ2n) is 5.83. The van der Waals surface area contributed by atoms with Crippen molar-refractivity contribution in [2.24, 2.45) is 0 Å². The zero-order chi connectivity index (χ0) is 22.8. The lowest BCUT2D eigenvalue weighted by Gasteiger charge is -2.11. The number of hydrogen-bond donors (Lipinski definition) is 1. The third-order valence-electron chi connectivity index (χ3n) is 3.91. The predicted octanol–water partition coefficient (Wildman–Crippen LogP) is 4.50. The van der Waals surface area contributed by atoms with Gasteiger partial charge in [-0.1, -0.05) is 23.5 Å². The van der Waals surface area contributed by atoms with E-state index >= 15 is 0 Å². The maximum atomic E-state index is 12.8. The molecule has 158 valence electrons. The van der Waals surface area contributed by atoms with Crippen molar-refractivity contribution in [3.8, 4) is 17.3 Å². The van der Waals surface area contributed by atoms with Crippen molar-refractivity contribution < 1.29 is 18.1 Å². The number of nitrogens with zero attached hydrogens (tertiary/aromatic N) is 4. The minimum Gasteiger partial charge on any atom is -0.300 e. The largest absolute Gasteiger partial charge is 0.417 e. The Morgan fingerprint density at radius 2 is 2.00 bits per heavy atom. The standard InChI is InChI=1S/C18H10F3N5O3S2/c1-30-17-24-15(12(7-22)16(27)25-17)11-6-10(26(28)29)3-4-13(11)31-14-5-2-9(8-23-14)18(19,20)21/h2-6,8H,1H3,(H,24,25,27). The number of nitrogens with one attached hydrogen (secondary N) is 1. The molecular formula is C18H10F3N5O3S2. The topological polar surface area (TPSA) is 126 Å². The monoisotopic (exact) mass is 465 g/mol. The maximum absolute atomic E-state index is 12.8. The molecule has 0 saturated heterocycles.